The summed E-state index contributed by atoms with van der Waals surface area (Å²) in [5.41, 5.74) is 0.904. The Bertz CT molecular complexity index is 533. The molecular weight excluding hydrogens is 272 g/mol. The number of ether oxygens (including phenoxy) is 1. The van der Waals surface area contributed by atoms with E-state index in [9.17, 15) is 10.2 Å². The van der Waals surface area contributed by atoms with Crippen LogP contribution in [0.5, 0.6) is 11.5 Å². The van der Waals surface area contributed by atoms with Crippen molar-refractivity contribution in [3.63, 3.8) is 0 Å². The smallest absolute Gasteiger partial charge is 0.133 e. The summed E-state index contributed by atoms with van der Waals surface area (Å²) in [6.45, 7) is -0.831. The van der Waals surface area contributed by atoms with E-state index in [2.05, 4.69) is 0 Å². The highest BCUT2D eigenvalue weighted by molar-refractivity contribution is 5.43. The minimum atomic E-state index is -1.05. The van der Waals surface area contributed by atoms with Gasteiger partial charge in [-0.05, 0) is 12.1 Å². The standard InChI is InChI=1S/C16H18O5/c17-9-13(19)11-5-1-3-7-15(11)21-16-8-4-2-6-12(16)14(20)10-18/h1-8,13-14,17-20H,9-10H2. The van der Waals surface area contributed by atoms with Crippen LogP contribution < -0.4 is 4.74 Å². The molecule has 21 heavy (non-hydrogen) atoms. The molecule has 5 nitrogen and oxygen atoms in total. The van der Waals surface area contributed by atoms with E-state index in [-0.39, 0.29) is 0 Å². The molecular formula is C16H18O5. The van der Waals surface area contributed by atoms with Gasteiger partial charge in [-0.3, -0.25) is 0 Å². The Balaban J connectivity index is 2.35. The van der Waals surface area contributed by atoms with E-state index in [0.29, 0.717) is 22.6 Å². The zero-order valence-electron chi connectivity index (χ0n) is 11.4. The molecule has 0 spiro atoms. The molecule has 0 heterocycles. The number of hydrogen-bond acceptors (Lipinski definition) is 5. The maximum atomic E-state index is 9.79. The highest BCUT2D eigenvalue weighted by atomic mass is 16.5. The second kappa shape index (κ2) is 7.19. The van der Waals surface area contributed by atoms with Gasteiger partial charge in [-0.1, -0.05) is 36.4 Å². The highest BCUT2D eigenvalue weighted by Gasteiger charge is 2.16. The van der Waals surface area contributed by atoms with Crippen LogP contribution in [-0.2, 0) is 0 Å². The van der Waals surface area contributed by atoms with Crippen LogP contribution in [0.4, 0.5) is 0 Å². The third-order valence-corrected chi connectivity index (χ3v) is 3.12. The summed E-state index contributed by atoms with van der Waals surface area (Å²) in [6.07, 6.45) is -2.09. The van der Waals surface area contributed by atoms with Gasteiger partial charge in [-0.25, -0.2) is 0 Å². The first kappa shape index (κ1) is 15.5. The molecule has 2 atom stereocenters. The molecule has 0 aliphatic carbocycles. The zero-order valence-corrected chi connectivity index (χ0v) is 11.4. The van der Waals surface area contributed by atoms with Crippen molar-refractivity contribution in [2.75, 3.05) is 13.2 Å². The van der Waals surface area contributed by atoms with Crippen molar-refractivity contribution >= 4 is 0 Å². The molecule has 2 aromatic carbocycles. The van der Waals surface area contributed by atoms with Crippen molar-refractivity contribution in [3.05, 3.63) is 59.7 Å². The fraction of sp³-hybridized carbons (Fsp3) is 0.250. The zero-order chi connectivity index (χ0) is 15.2. The lowest BCUT2D eigenvalue weighted by atomic mass is 10.1. The molecule has 2 rings (SSSR count). The second-order valence-electron chi connectivity index (χ2n) is 4.57. The third-order valence-electron chi connectivity index (χ3n) is 3.12. The Labute approximate surface area is 122 Å². The number of rotatable bonds is 6. The monoisotopic (exact) mass is 290 g/mol. The van der Waals surface area contributed by atoms with Gasteiger partial charge in [0.2, 0.25) is 0 Å². The van der Waals surface area contributed by atoms with Gasteiger partial charge < -0.3 is 25.2 Å². The molecule has 0 fully saturated rings. The first-order chi connectivity index (χ1) is 10.2. The first-order valence-electron chi connectivity index (χ1n) is 6.61. The van der Waals surface area contributed by atoms with Crippen LogP contribution >= 0.6 is 0 Å². The lowest BCUT2D eigenvalue weighted by molar-refractivity contribution is 0.0913. The van der Waals surface area contributed by atoms with Crippen LogP contribution in [0.1, 0.15) is 23.3 Å². The van der Waals surface area contributed by atoms with Crippen molar-refractivity contribution in [1.82, 2.24) is 0 Å². The van der Waals surface area contributed by atoms with E-state index in [1.807, 2.05) is 0 Å². The Morgan fingerprint density at radius 1 is 0.714 bits per heavy atom. The number of hydrogen-bond donors (Lipinski definition) is 4. The minimum Gasteiger partial charge on any atom is -0.457 e. The van der Waals surface area contributed by atoms with Gasteiger partial charge >= 0.3 is 0 Å². The van der Waals surface area contributed by atoms with Crippen LogP contribution in [0, 0.1) is 0 Å². The highest BCUT2D eigenvalue weighted by Crippen LogP contribution is 2.33. The topological polar surface area (TPSA) is 90.2 Å². The van der Waals surface area contributed by atoms with Crippen molar-refractivity contribution in [2.45, 2.75) is 12.2 Å². The molecule has 0 radical (unpaired) electrons. The molecule has 112 valence electrons. The van der Waals surface area contributed by atoms with Crippen LogP contribution in [0.3, 0.4) is 0 Å². The summed E-state index contributed by atoms with van der Waals surface area (Å²) in [4.78, 5) is 0. The lowest BCUT2D eigenvalue weighted by Gasteiger charge is -2.17. The molecule has 0 saturated carbocycles. The summed E-state index contributed by atoms with van der Waals surface area (Å²) >= 11 is 0. The quantitative estimate of drug-likeness (QED) is 0.648. The normalized spacial score (nSPS) is 13.7. The summed E-state index contributed by atoms with van der Waals surface area (Å²) in [6, 6.07) is 13.6. The van der Waals surface area contributed by atoms with E-state index < -0.39 is 25.4 Å². The Kier molecular flexibility index (Phi) is 5.30. The van der Waals surface area contributed by atoms with E-state index in [1.165, 1.54) is 0 Å². The van der Waals surface area contributed by atoms with Crippen molar-refractivity contribution < 1.29 is 25.2 Å². The van der Waals surface area contributed by atoms with E-state index in [0.717, 1.165) is 0 Å². The van der Waals surface area contributed by atoms with Crippen LogP contribution in [0.25, 0.3) is 0 Å². The summed E-state index contributed by atoms with van der Waals surface area (Å²) in [5, 5.41) is 37.7. The Morgan fingerprint density at radius 2 is 1.10 bits per heavy atom. The Morgan fingerprint density at radius 3 is 1.48 bits per heavy atom. The van der Waals surface area contributed by atoms with Gasteiger partial charge in [0.15, 0.2) is 0 Å². The average Bonchev–Trinajstić information content (AvgIpc) is 2.54. The van der Waals surface area contributed by atoms with Crippen LogP contribution in [0.2, 0.25) is 0 Å². The molecule has 5 heteroatoms. The van der Waals surface area contributed by atoms with Gasteiger partial charge in [-0.2, -0.15) is 0 Å². The summed E-state index contributed by atoms with van der Waals surface area (Å²) < 4.78 is 5.74. The minimum absolute atomic E-state index is 0.386. The van der Waals surface area contributed by atoms with Crippen LogP contribution in [-0.4, -0.2) is 33.6 Å². The van der Waals surface area contributed by atoms with Crippen LogP contribution in [0.15, 0.2) is 48.5 Å². The maximum absolute atomic E-state index is 9.79. The number of para-hydroxylation sites is 2. The van der Waals surface area contributed by atoms with E-state index in [4.69, 9.17) is 14.9 Å². The van der Waals surface area contributed by atoms with Gasteiger partial charge in [0, 0.05) is 11.1 Å². The molecule has 0 aliphatic heterocycles. The summed E-state index contributed by atoms with van der Waals surface area (Å²) in [7, 11) is 0. The lowest BCUT2D eigenvalue weighted by Crippen LogP contribution is -2.07. The van der Waals surface area contributed by atoms with Gasteiger partial charge in [-0.15, -0.1) is 0 Å². The fourth-order valence-electron chi connectivity index (χ4n) is 2.01. The number of aliphatic hydroxyl groups excluding tert-OH is 4. The molecule has 2 aromatic rings. The maximum Gasteiger partial charge on any atom is 0.133 e. The van der Waals surface area contributed by atoms with E-state index in [1.54, 1.807) is 48.5 Å². The number of benzene rings is 2. The SMILES string of the molecule is OCC(O)c1ccccc1Oc1ccccc1C(O)CO. The van der Waals surface area contributed by atoms with E-state index >= 15 is 0 Å². The Hall–Kier alpha value is -1.92. The predicted octanol–water partition coefficient (Wildman–Crippen LogP) is 1.53. The predicted molar refractivity (Wildman–Crippen MR) is 77.0 cm³/mol. The molecule has 4 N–H and O–H groups in total. The molecule has 2 unspecified atom stereocenters. The molecule has 0 saturated heterocycles. The molecule has 0 aliphatic rings. The molecule has 0 bridgehead atoms. The van der Waals surface area contributed by atoms with Crippen molar-refractivity contribution in [1.29, 1.82) is 0 Å². The first-order valence-corrected chi connectivity index (χ1v) is 6.61. The average molecular weight is 290 g/mol. The summed E-state index contributed by atoms with van der Waals surface area (Å²) in [5.74, 6) is 0.772. The van der Waals surface area contributed by atoms with Crippen molar-refractivity contribution in [2.24, 2.45) is 0 Å². The third kappa shape index (κ3) is 3.59. The van der Waals surface area contributed by atoms with Gasteiger partial charge in [0.05, 0.1) is 13.2 Å². The largest absolute Gasteiger partial charge is 0.457 e. The molecule has 0 amide bonds. The van der Waals surface area contributed by atoms with Crippen molar-refractivity contribution in [3.8, 4) is 11.5 Å². The second-order valence-corrected chi connectivity index (χ2v) is 4.57. The van der Waals surface area contributed by atoms with Gasteiger partial charge in [0.1, 0.15) is 23.7 Å². The van der Waals surface area contributed by atoms with Gasteiger partial charge in [0.25, 0.3) is 0 Å². The molecule has 0 aromatic heterocycles. The number of aliphatic hydroxyl groups is 4. The fourth-order valence-corrected chi connectivity index (χ4v) is 2.01.